The number of nitrogens with zero attached hydrogens (tertiary/aromatic N) is 3. The fourth-order valence-corrected chi connectivity index (χ4v) is 3.52. The molecule has 6 nitrogen and oxygen atoms in total. The maximum absolute atomic E-state index is 4.74. The Morgan fingerprint density at radius 3 is 2.81 bits per heavy atom. The molecule has 2 heterocycles. The van der Waals surface area contributed by atoms with Gasteiger partial charge in [-0.05, 0) is 37.7 Å². The summed E-state index contributed by atoms with van der Waals surface area (Å²) in [6.45, 7) is 0.716. The number of aryl methyl sites for hydroxylation is 1. The molecule has 0 unspecified atom stereocenters. The van der Waals surface area contributed by atoms with E-state index in [0.29, 0.717) is 18.4 Å². The van der Waals surface area contributed by atoms with Gasteiger partial charge in [-0.2, -0.15) is 10.1 Å². The minimum Gasteiger partial charge on any atom is -0.350 e. The molecule has 1 fully saturated rings. The van der Waals surface area contributed by atoms with Crippen LogP contribution in [0, 0.1) is 0 Å². The van der Waals surface area contributed by atoms with Crippen LogP contribution in [0.4, 0.5) is 17.6 Å². The third-order valence-corrected chi connectivity index (χ3v) is 5.09. The molecular formula is C20H22N6. The van der Waals surface area contributed by atoms with Crippen molar-refractivity contribution in [2.24, 2.45) is 0 Å². The zero-order valence-electron chi connectivity index (χ0n) is 14.6. The Hall–Kier alpha value is -2.89. The molecule has 0 spiro atoms. The summed E-state index contributed by atoms with van der Waals surface area (Å²) in [4.78, 5) is 9.46. The van der Waals surface area contributed by atoms with Crippen molar-refractivity contribution in [3.8, 4) is 0 Å². The van der Waals surface area contributed by atoms with Crippen molar-refractivity contribution in [2.45, 2.75) is 44.6 Å². The minimum absolute atomic E-state index is 0.664. The first-order chi connectivity index (χ1) is 12.8. The summed E-state index contributed by atoms with van der Waals surface area (Å²) in [5.41, 5.74) is 4.82. The number of benzene rings is 1. The number of H-pyrrole nitrogens is 1. The van der Waals surface area contributed by atoms with E-state index >= 15 is 0 Å². The summed E-state index contributed by atoms with van der Waals surface area (Å²) < 4.78 is 0. The van der Waals surface area contributed by atoms with E-state index < -0.39 is 0 Å². The zero-order valence-corrected chi connectivity index (χ0v) is 14.6. The highest BCUT2D eigenvalue weighted by Gasteiger charge is 2.26. The molecule has 2 aliphatic rings. The van der Waals surface area contributed by atoms with Crippen LogP contribution >= 0.6 is 0 Å². The van der Waals surface area contributed by atoms with Gasteiger partial charge in [0.2, 0.25) is 5.95 Å². The van der Waals surface area contributed by atoms with Gasteiger partial charge in [-0.1, -0.05) is 30.3 Å². The number of fused-ring (bicyclic) bond motifs is 1. The predicted molar refractivity (Wildman–Crippen MR) is 102 cm³/mol. The lowest BCUT2D eigenvalue weighted by molar-refractivity contribution is 0.898. The number of nitrogens with one attached hydrogen (secondary N) is 3. The Bertz CT molecular complexity index is 913. The molecule has 132 valence electrons. The summed E-state index contributed by atoms with van der Waals surface area (Å²) in [7, 11) is 0. The molecule has 0 atom stereocenters. The molecule has 5 rings (SSSR count). The van der Waals surface area contributed by atoms with E-state index in [2.05, 4.69) is 39.0 Å². The second kappa shape index (κ2) is 6.44. The van der Waals surface area contributed by atoms with Gasteiger partial charge in [0.25, 0.3) is 0 Å². The van der Waals surface area contributed by atoms with Gasteiger partial charge >= 0.3 is 0 Å². The highest BCUT2D eigenvalue weighted by molar-refractivity contribution is 5.60. The van der Waals surface area contributed by atoms with Gasteiger partial charge in [0, 0.05) is 29.8 Å². The molecule has 3 aromatic rings. The zero-order chi connectivity index (χ0) is 17.3. The van der Waals surface area contributed by atoms with E-state index in [9.17, 15) is 0 Å². The minimum atomic E-state index is 0.664. The Morgan fingerprint density at radius 1 is 1.08 bits per heavy atom. The first kappa shape index (κ1) is 15.4. The van der Waals surface area contributed by atoms with Gasteiger partial charge in [0.05, 0.1) is 5.69 Å². The van der Waals surface area contributed by atoms with Gasteiger partial charge in [-0.25, -0.2) is 4.98 Å². The molecule has 0 bridgehead atoms. The van der Waals surface area contributed by atoms with E-state index in [-0.39, 0.29) is 0 Å². The van der Waals surface area contributed by atoms with Crippen LogP contribution in [0.1, 0.15) is 47.7 Å². The predicted octanol–water partition coefficient (Wildman–Crippen LogP) is 3.92. The standard InChI is InChI=1S/C20H22N6/c1-2-5-13(6-3-1)12-21-20-22-16-8-4-7-15(16)19(24-20)23-18-11-17(25-26-18)14-9-10-14/h1-3,5-6,11,14H,4,7-10,12H2,(H3,21,22,23,24,25,26). The molecule has 6 heteroatoms. The SMILES string of the molecule is c1ccc(CNc2nc3c(c(Nc4cc(C5CC5)[nH]n4)n2)CCC3)cc1. The number of aromatic nitrogens is 4. The molecule has 3 N–H and O–H groups in total. The molecule has 0 saturated heterocycles. The van der Waals surface area contributed by atoms with E-state index in [1.807, 2.05) is 18.2 Å². The quantitative estimate of drug-likeness (QED) is 0.630. The molecule has 0 amide bonds. The molecule has 1 aromatic carbocycles. The van der Waals surface area contributed by atoms with Gasteiger partial charge < -0.3 is 10.6 Å². The lowest BCUT2D eigenvalue weighted by Gasteiger charge is -2.12. The van der Waals surface area contributed by atoms with Crippen molar-refractivity contribution in [1.29, 1.82) is 0 Å². The molecule has 2 aliphatic carbocycles. The van der Waals surface area contributed by atoms with Crippen LogP contribution in [-0.4, -0.2) is 20.2 Å². The molecule has 26 heavy (non-hydrogen) atoms. The normalized spacial score (nSPS) is 15.7. The first-order valence-electron chi connectivity index (χ1n) is 9.35. The van der Waals surface area contributed by atoms with E-state index in [4.69, 9.17) is 9.97 Å². The topological polar surface area (TPSA) is 78.5 Å². The summed E-state index contributed by atoms with van der Waals surface area (Å²) in [6, 6.07) is 12.4. The Balaban J connectivity index is 1.37. The highest BCUT2D eigenvalue weighted by Crippen LogP contribution is 2.40. The second-order valence-corrected chi connectivity index (χ2v) is 7.12. The summed E-state index contributed by atoms with van der Waals surface area (Å²) in [5.74, 6) is 3.07. The van der Waals surface area contributed by atoms with E-state index in [1.54, 1.807) is 0 Å². The fraction of sp³-hybridized carbons (Fsp3) is 0.350. The smallest absolute Gasteiger partial charge is 0.225 e. The first-order valence-corrected chi connectivity index (χ1v) is 9.35. The summed E-state index contributed by atoms with van der Waals surface area (Å²) in [6.07, 6.45) is 5.70. The summed E-state index contributed by atoms with van der Waals surface area (Å²) >= 11 is 0. The average molecular weight is 346 g/mol. The number of rotatable bonds is 6. The van der Waals surface area contributed by atoms with Crippen LogP contribution in [0.5, 0.6) is 0 Å². The Labute approximate surface area is 152 Å². The van der Waals surface area contributed by atoms with E-state index in [0.717, 1.165) is 36.6 Å². The van der Waals surface area contributed by atoms with E-state index in [1.165, 1.54) is 29.7 Å². The van der Waals surface area contributed by atoms with Crippen molar-refractivity contribution in [3.63, 3.8) is 0 Å². The molecule has 0 radical (unpaired) electrons. The van der Waals surface area contributed by atoms with Gasteiger partial charge in [-0.15, -0.1) is 0 Å². The molecule has 2 aromatic heterocycles. The lowest BCUT2D eigenvalue weighted by atomic mass is 10.2. The molecule has 0 aliphatic heterocycles. The maximum atomic E-state index is 4.74. The van der Waals surface area contributed by atoms with Gasteiger partial charge in [0.15, 0.2) is 5.82 Å². The number of anilines is 3. The second-order valence-electron chi connectivity index (χ2n) is 7.12. The lowest BCUT2D eigenvalue weighted by Crippen LogP contribution is -2.08. The maximum Gasteiger partial charge on any atom is 0.225 e. The monoisotopic (exact) mass is 346 g/mol. The van der Waals surface area contributed by atoms with Crippen molar-refractivity contribution < 1.29 is 0 Å². The van der Waals surface area contributed by atoms with Crippen LogP contribution in [-0.2, 0) is 19.4 Å². The van der Waals surface area contributed by atoms with Crippen molar-refractivity contribution in [1.82, 2.24) is 20.2 Å². The van der Waals surface area contributed by atoms with Crippen molar-refractivity contribution in [2.75, 3.05) is 10.6 Å². The van der Waals surface area contributed by atoms with Gasteiger partial charge in [0.1, 0.15) is 5.82 Å². The van der Waals surface area contributed by atoms with Crippen LogP contribution < -0.4 is 10.6 Å². The fourth-order valence-electron chi connectivity index (χ4n) is 3.52. The Morgan fingerprint density at radius 2 is 1.96 bits per heavy atom. The largest absolute Gasteiger partial charge is 0.350 e. The van der Waals surface area contributed by atoms with Crippen molar-refractivity contribution in [3.05, 3.63) is 58.9 Å². The average Bonchev–Trinajstić information content (AvgIpc) is 3.22. The third-order valence-electron chi connectivity index (χ3n) is 5.09. The number of aromatic amines is 1. The third kappa shape index (κ3) is 3.14. The van der Waals surface area contributed by atoms with Crippen molar-refractivity contribution >= 4 is 17.6 Å². The molecule has 1 saturated carbocycles. The number of hydrogen-bond acceptors (Lipinski definition) is 5. The number of hydrogen-bond donors (Lipinski definition) is 3. The Kier molecular flexibility index (Phi) is 3.81. The summed E-state index contributed by atoms with van der Waals surface area (Å²) in [5, 5.41) is 14.3. The van der Waals surface area contributed by atoms with Gasteiger partial charge in [-0.3, -0.25) is 5.10 Å². The van der Waals surface area contributed by atoms with Crippen LogP contribution in [0.25, 0.3) is 0 Å². The highest BCUT2D eigenvalue weighted by atomic mass is 15.2. The van der Waals surface area contributed by atoms with Crippen LogP contribution in [0.15, 0.2) is 36.4 Å². The van der Waals surface area contributed by atoms with Crippen LogP contribution in [0.2, 0.25) is 0 Å². The van der Waals surface area contributed by atoms with Crippen LogP contribution in [0.3, 0.4) is 0 Å². The molecular weight excluding hydrogens is 324 g/mol.